The van der Waals surface area contributed by atoms with Crippen molar-refractivity contribution in [3.8, 4) is 0 Å². The van der Waals surface area contributed by atoms with E-state index in [9.17, 15) is 4.39 Å². The van der Waals surface area contributed by atoms with Gasteiger partial charge < -0.3 is 0 Å². The number of rotatable bonds is 4. The highest BCUT2D eigenvalue weighted by Gasteiger charge is 2.22. The lowest BCUT2D eigenvalue weighted by Gasteiger charge is -2.21. The van der Waals surface area contributed by atoms with E-state index in [1.165, 1.54) is 0 Å². The zero-order valence-electron chi connectivity index (χ0n) is 7.58. The number of hydrogen-bond acceptors (Lipinski definition) is 0. The molecule has 1 heteroatoms. The van der Waals surface area contributed by atoms with Crippen LogP contribution in [0, 0.1) is 5.92 Å². The summed E-state index contributed by atoms with van der Waals surface area (Å²) in [7, 11) is 0. The van der Waals surface area contributed by atoms with Gasteiger partial charge in [-0.2, -0.15) is 0 Å². The van der Waals surface area contributed by atoms with E-state index in [0.29, 0.717) is 18.8 Å². The molecule has 1 atom stereocenters. The largest absolute Gasteiger partial charge is 0.244 e. The molecule has 0 heterocycles. The Morgan fingerprint density at radius 1 is 1.40 bits per heavy atom. The molecule has 0 fully saturated rings. The van der Waals surface area contributed by atoms with E-state index in [0.717, 1.165) is 6.42 Å². The molecule has 0 aromatic heterocycles. The van der Waals surface area contributed by atoms with Gasteiger partial charge in [0.2, 0.25) is 0 Å². The van der Waals surface area contributed by atoms with E-state index in [1.807, 2.05) is 6.92 Å². The van der Waals surface area contributed by atoms with E-state index < -0.39 is 5.67 Å². The van der Waals surface area contributed by atoms with Crippen LogP contribution in [-0.2, 0) is 0 Å². The first-order valence-corrected chi connectivity index (χ1v) is 4.17. The van der Waals surface area contributed by atoms with Crippen molar-refractivity contribution in [1.29, 1.82) is 0 Å². The molecule has 0 aromatic carbocycles. The highest BCUT2D eigenvalue weighted by Crippen LogP contribution is 2.25. The van der Waals surface area contributed by atoms with Gasteiger partial charge in [0.15, 0.2) is 0 Å². The third-order valence-electron chi connectivity index (χ3n) is 1.61. The summed E-state index contributed by atoms with van der Waals surface area (Å²) in [5, 5.41) is 0. The summed E-state index contributed by atoms with van der Waals surface area (Å²) in [5.41, 5.74) is -0.928. The zero-order valence-corrected chi connectivity index (χ0v) is 7.58. The topological polar surface area (TPSA) is 0 Å². The second kappa shape index (κ2) is 3.95. The molecule has 0 radical (unpaired) electrons. The smallest absolute Gasteiger partial charge is 0.108 e. The fourth-order valence-electron chi connectivity index (χ4n) is 1.47. The molecule has 0 saturated carbocycles. The number of alkyl halides is 1. The van der Waals surface area contributed by atoms with Gasteiger partial charge >= 0.3 is 0 Å². The molecule has 0 rings (SSSR count). The lowest BCUT2D eigenvalue weighted by Crippen LogP contribution is -2.19. The molecule has 0 aliphatic carbocycles. The fraction of sp³-hybridized carbons (Fsp3) is 1.00. The van der Waals surface area contributed by atoms with E-state index in [2.05, 4.69) is 13.8 Å². The molecule has 0 aliphatic rings. The summed E-state index contributed by atoms with van der Waals surface area (Å²) in [6.07, 6.45) is 2.34. The Hall–Kier alpha value is -0.0700. The van der Waals surface area contributed by atoms with Gasteiger partial charge in [0.1, 0.15) is 5.67 Å². The minimum absolute atomic E-state index is 0.474. The first-order valence-electron chi connectivity index (χ1n) is 4.17. The predicted octanol–water partition coefficient (Wildman–Crippen LogP) is 3.56. The van der Waals surface area contributed by atoms with Crippen LogP contribution in [-0.4, -0.2) is 5.67 Å². The molecular formula is C9H19F. The van der Waals surface area contributed by atoms with Crippen LogP contribution in [0.25, 0.3) is 0 Å². The van der Waals surface area contributed by atoms with E-state index in [1.54, 1.807) is 6.92 Å². The summed E-state index contributed by atoms with van der Waals surface area (Å²) in [5.74, 6) is 0.474. The van der Waals surface area contributed by atoms with Crippen molar-refractivity contribution in [2.45, 2.75) is 52.6 Å². The number of hydrogen-bond donors (Lipinski definition) is 0. The molecule has 0 nitrogen and oxygen atoms in total. The molecule has 0 aromatic rings. The van der Waals surface area contributed by atoms with Gasteiger partial charge in [-0.15, -0.1) is 0 Å². The Balaban J connectivity index is 3.63. The monoisotopic (exact) mass is 146 g/mol. The highest BCUT2D eigenvalue weighted by atomic mass is 19.1. The average molecular weight is 146 g/mol. The summed E-state index contributed by atoms with van der Waals surface area (Å²) in [4.78, 5) is 0. The van der Waals surface area contributed by atoms with Gasteiger partial charge in [0.25, 0.3) is 0 Å². The third kappa shape index (κ3) is 4.78. The van der Waals surface area contributed by atoms with Crippen molar-refractivity contribution >= 4 is 0 Å². The summed E-state index contributed by atoms with van der Waals surface area (Å²) in [6, 6.07) is 0. The van der Waals surface area contributed by atoms with Crippen LogP contribution >= 0.6 is 0 Å². The molecule has 0 saturated heterocycles. The molecule has 62 valence electrons. The Bertz CT molecular complexity index is 84.7. The Morgan fingerprint density at radius 3 is 2.20 bits per heavy atom. The van der Waals surface area contributed by atoms with Crippen molar-refractivity contribution in [1.82, 2.24) is 0 Å². The maximum atomic E-state index is 13.3. The SMILES string of the molecule is CCCC(C)(F)CC(C)C. The van der Waals surface area contributed by atoms with Crippen LogP contribution in [0.15, 0.2) is 0 Å². The minimum atomic E-state index is -0.928. The van der Waals surface area contributed by atoms with Gasteiger partial charge in [-0.05, 0) is 25.7 Å². The minimum Gasteiger partial charge on any atom is -0.244 e. The van der Waals surface area contributed by atoms with Crippen molar-refractivity contribution in [3.63, 3.8) is 0 Å². The normalized spacial score (nSPS) is 17.4. The quantitative estimate of drug-likeness (QED) is 0.569. The average Bonchev–Trinajstić information content (AvgIpc) is 1.59. The predicted molar refractivity (Wildman–Crippen MR) is 43.9 cm³/mol. The highest BCUT2D eigenvalue weighted by molar-refractivity contribution is 4.73. The lowest BCUT2D eigenvalue weighted by atomic mass is 9.92. The van der Waals surface area contributed by atoms with Gasteiger partial charge in [0.05, 0.1) is 0 Å². The Labute approximate surface area is 63.8 Å². The first kappa shape index (κ1) is 9.93. The van der Waals surface area contributed by atoms with Gasteiger partial charge in [-0.3, -0.25) is 0 Å². The van der Waals surface area contributed by atoms with Gasteiger partial charge in [-0.1, -0.05) is 27.2 Å². The Morgan fingerprint density at radius 2 is 1.90 bits per heavy atom. The summed E-state index contributed by atoms with van der Waals surface area (Å²) < 4.78 is 13.3. The Kier molecular flexibility index (Phi) is 3.92. The van der Waals surface area contributed by atoms with Crippen LogP contribution in [0.4, 0.5) is 4.39 Å². The molecule has 0 spiro atoms. The third-order valence-corrected chi connectivity index (χ3v) is 1.61. The fourth-order valence-corrected chi connectivity index (χ4v) is 1.47. The van der Waals surface area contributed by atoms with Crippen LogP contribution in [0.5, 0.6) is 0 Å². The zero-order chi connectivity index (χ0) is 8.20. The van der Waals surface area contributed by atoms with E-state index in [-0.39, 0.29) is 0 Å². The molecule has 0 bridgehead atoms. The maximum Gasteiger partial charge on any atom is 0.108 e. The molecule has 10 heavy (non-hydrogen) atoms. The molecule has 0 N–H and O–H groups in total. The molecule has 1 unspecified atom stereocenters. The molecular weight excluding hydrogens is 127 g/mol. The van der Waals surface area contributed by atoms with Crippen LogP contribution in [0.3, 0.4) is 0 Å². The second-order valence-corrected chi connectivity index (χ2v) is 3.76. The maximum absolute atomic E-state index is 13.3. The lowest BCUT2D eigenvalue weighted by molar-refractivity contribution is 0.140. The molecule has 0 amide bonds. The molecule has 0 aliphatic heterocycles. The number of halogens is 1. The van der Waals surface area contributed by atoms with E-state index in [4.69, 9.17) is 0 Å². The van der Waals surface area contributed by atoms with Crippen LogP contribution in [0.1, 0.15) is 47.0 Å². The van der Waals surface area contributed by atoms with Crippen molar-refractivity contribution < 1.29 is 4.39 Å². The van der Waals surface area contributed by atoms with Crippen molar-refractivity contribution in [2.24, 2.45) is 5.92 Å². The van der Waals surface area contributed by atoms with Gasteiger partial charge in [-0.25, -0.2) is 4.39 Å². The summed E-state index contributed by atoms with van der Waals surface area (Å²) in [6.45, 7) is 7.86. The van der Waals surface area contributed by atoms with Crippen LogP contribution < -0.4 is 0 Å². The van der Waals surface area contributed by atoms with Crippen molar-refractivity contribution in [3.05, 3.63) is 0 Å². The van der Waals surface area contributed by atoms with Crippen LogP contribution in [0.2, 0.25) is 0 Å². The standard InChI is InChI=1S/C9H19F/c1-5-6-9(4,10)7-8(2)3/h8H,5-7H2,1-4H3. The van der Waals surface area contributed by atoms with Gasteiger partial charge in [0, 0.05) is 0 Å². The summed E-state index contributed by atoms with van der Waals surface area (Å²) >= 11 is 0. The van der Waals surface area contributed by atoms with E-state index >= 15 is 0 Å². The first-order chi connectivity index (χ1) is 4.48. The second-order valence-electron chi connectivity index (χ2n) is 3.76. The van der Waals surface area contributed by atoms with Crippen molar-refractivity contribution in [2.75, 3.05) is 0 Å².